The highest BCUT2D eigenvalue weighted by Gasteiger charge is 2.37. The lowest BCUT2D eigenvalue weighted by molar-refractivity contribution is -0.118. The van der Waals surface area contributed by atoms with Crippen molar-refractivity contribution in [3.63, 3.8) is 0 Å². The number of carbonyl (C=O) groups excluding carboxylic acids is 1. The maximum Gasteiger partial charge on any atom is 0.217 e. The molecule has 4 rings (SSSR count). The molecular formula is C32H45ClFN7O2SSi. The third-order valence-corrected chi connectivity index (χ3v) is 14.3. The Kier molecular flexibility index (Phi) is 12.0. The normalized spacial score (nSPS) is 15.6. The van der Waals surface area contributed by atoms with Crippen LogP contribution in [0, 0.1) is 5.82 Å². The molecule has 1 atom stereocenters. The lowest BCUT2D eigenvalue weighted by Crippen LogP contribution is -2.46. The number of anilines is 2. The van der Waals surface area contributed by atoms with Crippen LogP contribution in [0.5, 0.6) is 0 Å². The Hall–Kier alpha value is -2.61. The molecule has 1 aliphatic heterocycles. The number of likely N-dealkylation sites (N-methyl/N-ethyl adjacent to an activating group) is 1. The van der Waals surface area contributed by atoms with Crippen LogP contribution in [-0.2, 0) is 9.22 Å². The number of amides is 1. The number of benzene rings is 1. The van der Waals surface area contributed by atoms with Gasteiger partial charge >= 0.3 is 0 Å². The maximum absolute atomic E-state index is 14.8. The zero-order valence-corrected chi connectivity index (χ0v) is 29.6. The van der Waals surface area contributed by atoms with Crippen LogP contribution in [0.4, 0.5) is 15.8 Å². The number of pyridine rings is 1. The first-order valence-corrected chi connectivity index (χ1v) is 19.5. The van der Waals surface area contributed by atoms with Gasteiger partial charge in [0.2, 0.25) is 5.91 Å². The van der Waals surface area contributed by atoms with E-state index in [0.717, 1.165) is 37.6 Å². The van der Waals surface area contributed by atoms with E-state index >= 15 is 0 Å². The van der Waals surface area contributed by atoms with E-state index in [4.69, 9.17) is 26.7 Å². The van der Waals surface area contributed by atoms with E-state index in [1.165, 1.54) is 23.9 Å². The Morgan fingerprint density at radius 3 is 2.58 bits per heavy atom. The zero-order valence-electron chi connectivity index (χ0n) is 27.1. The van der Waals surface area contributed by atoms with Crippen molar-refractivity contribution in [2.45, 2.75) is 62.8 Å². The topological polar surface area (TPSA) is 110 Å². The highest BCUT2D eigenvalue weighted by Crippen LogP contribution is 2.37. The maximum atomic E-state index is 14.8. The van der Waals surface area contributed by atoms with Gasteiger partial charge in [0.1, 0.15) is 10.8 Å². The largest absolute Gasteiger partial charge is 0.416 e. The zero-order chi connectivity index (χ0) is 32.8. The van der Waals surface area contributed by atoms with E-state index in [0.29, 0.717) is 40.2 Å². The predicted octanol–water partition coefficient (Wildman–Crippen LogP) is 6.74. The summed E-state index contributed by atoms with van der Waals surface area (Å²) in [4.78, 5) is 21.1. The number of aromatic nitrogens is 3. The van der Waals surface area contributed by atoms with Gasteiger partial charge in [0.25, 0.3) is 0 Å². The van der Waals surface area contributed by atoms with Crippen molar-refractivity contribution in [1.29, 1.82) is 0 Å². The number of halogens is 2. The van der Waals surface area contributed by atoms with E-state index in [1.54, 1.807) is 18.3 Å². The summed E-state index contributed by atoms with van der Waals surface area (Å²) < 4.78 is 21.2. The molecule has 0 bridgehead atoms. The summed E-state index contributed by atoms with van der Waals surface area (Å²) in [7, 11) is 0.217. The first-order valence-electron chi connectivity index (χ1n) is 15.3. The molecule has 1 unspecified atom stereocenters. The van der Waals surface area contributed by atoms with Crippen molar-refractivity contribution >= 4 is 49.0 Å². The number of nitrogens with zero attached hydrogens (tertiary/aromatic N) is 5. The van der Waals surface area contributed by atoms with E-state index in [2.05, 4.69) is 66.2 Å². The molecule has 1 aliphatic rings. The predicted molar refractivity (Wildman–Crippen MR) is 184 cm³/mol. The molecule has 1 saturated heterocycles. The van der Waals surface area contributed by atoms with Crippen LogP contribution < -0.4 is 11.1 Å². The molecule has 13 heteroatoms. The summed E-state index contributed by atoms with van der Waals surface area (Å²) in [5, 5.41) is 13.6. The van der Waals surface area contributed by atoms with Crippen molar-refractivity contribution in [1.82, 2.24) is 25.0 Å². The monoisotopic (exact) mass is 673 g/mol. The van der Waals surface area contributed by atoms with E-state index in [-0.39, 0.29) is 29.0 Å². The summed E-state index contributed by atoms with van der Waals surface area (Å²) in [6.07, 6.45) is 2.62. The molecule has 2 aromatic heterocycles. The van der Waals surface area contributed by atoms with E-state index in [9.17, 15) is 9.18 Å². The summed E-state index contributed by atoms with van der Waals surface area (Å²) in [5.41, 5.74) is 8.51. The number of hydrogen-bond donors (Lipinski definition) is 2. The van der Waals surface area contributed by atoms with Gasteiger partial charge in [-0.3, -0.25) is 14.7 Å². The molecule has 0 saturated carbocycles. The molecule has 45 heavy (non-hydrogen) atoms. The number of rotatable bonds is 13. The number of primary amides is 1. The molecule has 3 heterocycles. The summed E-state index contributed by atoms with van der Waals surface area (Å²) >= 11 is 7.73. The van der Waals surface area contributed by atoms with Gasteiger partial charge in [0.15, 0.2) is 8.32 Å². The lowest BCUT2D eigenvalue weighted by atomic mass is 10.0. The van der Waals surface area contributed by atoms with Crippen molar-refractivity contribution < 1.29 is 13.6 Å². The number of nitrogens with one attached hydrogen (secondary N) is 1. The smallest absolute Gasteiger partial charge is 0.217 e. The van der Waals surface area contributed by atoms with Gasteiger partial charge in [-0.05, 0) is 68.0 Å². The molecule has 3 aromatic rings. The first-order chi connectivity index (χ1) is 21.2. The van der Waals surface area contributed by atoms with Crippen LogP contribution in [0.25, 0.3) is 11.3 Å². The minimum atomic E-state index is -1.89. The molecule has 1 fully saturated rings. The van der Waals surface area contributed by atoms with Gasteiger partial charge in [0, 0.05) is 67.4 Å². The van der Waals surface area contributed by atoms with Crippen LogP contribution in [0.1, 0.15) is 45.3 Å². The van der Waals surface area contributed by atoms with Crippen molar-refractivity contribution in [2.24, 2.45) is 5.73 Å². The number of carbonyl (C=O) groups is 1. The number of hydrogen-bond acceptors (Lipinski definition) is 9. The minimum Gasteiger partial charge on any atom is -0.416 e. The van der Waals surface area contributed by atoms with Crippen molar-refractivity contribution in [3.8, 4) is 11.3 Å². The fourth-order valence-corrected chi connectivity index (χ4v) is 6.94. The summed E-state index contributed by atoms with van der Waals surface area (Å²) in [6.45, 7) is 15.3. The molecule has 9 nitrogen and oxygen atoms in total. The van der Waals surface area contributed by atoms with Gasteiger partial charge < -0.3 is 20.4 Å². The molecule has 1 amide bonds. The number of piperazine rings is 1. The fourth-order valence-electron chi connectivity index (χ4n) is 4.85. The third kappa shape index (κ3) is 9.69. The lowest BCUT2D eigenvalue weighted by Gasteiger charge is -2.37. The van der Waals surface area contributed by atoms with E-state index in [1.807, 2.05) is 12.1 Å². The second kappa shape index (κ2) is 15.3. The standard InChI is InChI=1S/C32H45ClFN7O2SSi/c1-32(2,3)45(5,6)43-17-18-44-31-28(21-26(38-39-31)24-19-22(33)7-8-25(24)34)37-23-11-12-36-27(20-23)29(9-10-30(35)42)41-15-13-40(4)14-16-41/h7-8,11-12,19-21,29H,9-10,13-18H2,1-6H3,(H2,35,42)(H,36,37,38). The van der Waals surface area contributed by atoms with E-state index < -0.39 is 14.1 Å². The highest BCUT2D eigenvalue weighted by molar-refractivity contribution is 7.99. The Morgan fingerprint density at radius 2 is 1.89 bits per heavy atom. The van der Waals surface area contributed by atoms with Crippen molar-refractivity contribution in [2.75, 3.05) is 50.9 Å². The molecule has 0 aliphatic carbocycles. The average molecular weight is 674 g/mol. The molecule has 244 valence electrons. The Bertz CT molecular complexity index is 1470. The summed E-state index contributed by atoms with van der Waals surface area (Å²) in [5.74, 6) is -0.0780. The van der Waals surface area contributed by atoms with Crippen molar-refractivity contribution in [3.05, 3.63) is 59.1 Å². The average Bonchev–Trinajstić information content (AvgIpc) is 2.97. The molecule has 0 radical (unpaired) electrons. The number of thioether (sulfide) groups is 1. The van der Waals surface area contributed by atoms with Gasteiger partial charge in [-0.25, -0.2) is 4.39 Å². The van der Waals surface area contributed by atoms with Crippen LogP contribution in [0.3, 0.4) is 0 Å². The molecule has 1 aromatic carbocycles. The molecule has 3 N–H and O–H groups in total. The second-order valence-electron chi connectivity index (χ2n) is 13.0. The van der Waals surface area contributed by atoms with Gasteiger partial charge in [0.05, 0.1) is 23.1 Å². The Labute approximate surface area is 276 Å². The minimum absolute atomic E-state index is 0.0547. The Morgan fingerprint density at radius 1 is 1.16 bits per heavy atom. The quantitative estimate of drug-likeness (QED) is 0.116. The SMILES string of the molecule is CN1CCN(C(CCC(N)=O)c2cc(Nc3cc(-c4cc(Cl)ccc4F)nnc3SCCO[Si](C)(C)C(C)(C)C)ccn2)CC1. The van der Waals surface area contributed by atoms with Crippen LogP contribution >= 0.6 is 23.4 Å². The van der Waals surface area contributed by atoms with Gasteiger partial charge in [-0.1, -0.05) is 32.4 Å². The molecular weight excluding hydrogens is 629 g/mol. The summed E-state index contributed by atoms with van der Waals surface area (Å²) in [6, 6.07) is 10.0. The molecule has 0 spiro atoms. The van der Waals surface area contributed by atoms with Crippen LogP contribution in [0.2, 0.25) is 23.2 Å². The van der Waals surface area contributed by atoms with Crippen LogP contribution in [0.15, 0.2) is 47.6 Å². The number of nitrogens with two attached hydrogens (primary N) is 1. The second-order valence-corrected chi connectivity index (χ2v) is 19.3. The fraction of sp³-hybridized carbons (Fsp3) is 0.500. The van der Waals surface area contributed by atoms with Crippen LogP contribution in [-0.4, -0.2) is 84.8 Å². The third-order valence-electron chi connectivity index (χ3n) is 8.60. The van der Waals surface area contributed by atoms with Gasteiger partial charge in [-0.15, -0.1) is 22.0 Å². The Balaban J connectivity index is 1.62. The van der Waals surface area contributed by atoms with Gasteiger partial charge in [-0.2, -0.15) is 0 Å². The highest BCUT2D eigenvalue weighted by atomic mass is 35.5. The first kappa shape index (κ1) is 35.2.